The van der Waals surface area contributed by atoms with E-state index in [-0.39, 0.29) is 5.78 Å². The lowest BCUT2D eigenvalue weighted by Crippen LogP contribution is -1.99. The molecule has 0 unspecified atom stereocenters. The lowest BCUT2D eigenvalue weighted by atomic mass is 10.0. The van der Waals surface area contributed by atoms with Gasteiger partial charge >= 0.3 is 0 Å². The molecule has 1 aromatic rings. The largest absolute Gasteiger partial charge is 0.494 e. The van der Waals surface area contributed by atoms with Crippen LogP contribution in [0.4, 0.5) is 0 Å². The van der Waals surface area contributed by atoms with Crippen LogP contribution in [0.5, 0.6) is 11.5 Å². The van der Waals surface area contributed by atoms with Gasteiger partial charge in [0.1, 0.15) is 10.8 Å². The lowest BCUT2D eigenvalue weighted by molar-refractivity contribution is 0.101. The molecular formula is C11H11ClO3. The molecule has 80 valence electrons. The average molecular weight is 227 g/mol. The molecule has 0 N–H and O–H groups in total. The van der Waals surface area contributed by atoms with Gasteiger partial charge < -0.3 is 9.47 Å². The van der Waals surface area contributed by atoms with Gasteiger partial charge in [-0.25, -0.2) is 0 Å². The highest BCUT2D eigenvalue weighted by atomic mass is 35.5. The van der Waals surface area contributed by atoms with Crippen LogP contribution in [0.2, 0.25) is 5.02 Å². The first-order chi connectivity index (χ1) is 7.15. The van der Waals surface area contributed by atoms with Gasteiger partial charge in [0.25, 0.3) is 0 Å². The Labute approximate surface area is 92.9 Å². The van der Waals surface area contributed by atoms with E-state index in [4.69, 9.17) is 21.1 Å². The minimum Gasteiger partial charge on any atom is -0.494 e. The summed E-state index contributed by atoms with van der Waals surface area (Å²) in [7, 11) is 1.50. The van der Waals surface area contributed by atoms with E-state index in [1.807, 2.05) is 0 Å². The maximum atomic E-state index is 11.4. The zero-order valence-electron chi connectivity index (χ0n) is 8.59. The second-order valence-corrected chi connectivity index (χ2v) is 3.79. The Kier molecular flexibility index (Phi) is 2.57. The topological polar surface area (TPSA) is 35.5 Å². The van der Waals surface area contributed by atoms with Crippen molar-refractivity contribution in [2.75, 3.05) is 13.7 Å². The average Bonchev–Trinajstić information content (AvgIpc) is 2.65. The first kappa shape index (κ1) is 10.3. The number of ketones is 1. The van der Waals surface area contributed by atoms with Gasteiger partial charge in [-0.15, -0.1) is 0 Å². The number of carbonyl (C=O) groups excluding carboxylic acids is 1. The number of ether oxygens (including phenoxy) is 2. The Bertz CT molecular complexity index is 426. The molecule has 2 rings (SSSR count). The Balaban J connectivity index is 2.66. The van der Waals surface area contributed by atoms with Gasteiger partial charge in [0.15, 0.2) is 11.5 Å². The molecule has 1 aliphatic rings. The maximum absolute atomic E-state index is 11.4. The summed E-state index contributed by atoms with van der Waals surface area (Å²) >= 11 is 6.10. The van der Waals surface area contributed by atoms with Crippen LogP contribution in [-0.2, 0) is 6.42 Å². The summed E-state index contributed by atoms with van der Waals surface area (Å²) in [4.78, 5) is 11.4. The molecular weight excluding hydrogens is 216 g/mol. The molecule has 0 saturated heterocycles. The molecule has 0 bridgehead atoms. The van der Waals surface area contributed by atoms with Gasteiger partial charge in [0.05, 0.1) is 19.3 Å². The number of hydrogen-bond donors (Lipinski definition) is 0. The molecule has 0 aromatic heterocycles. The van der Waals surface area contributed by atoms with E-state index in [1.54, 1.807) is 6.07 Å². The molecule has 1 heterocycles. The molecule has 0 spiro atoms. The maximum Gasteiger partial charge on any atom is 0.163 e. The zero-order valence-corrected chi connectivity index (χ0v) is 9.35. The van der Waals surface area contributed by atoms with Gasteiger partial charge in [-0.3, -0.25) is 4.79 Å². The third kappa shape index (κ3) is 1.57. The number of fused-ring (bicyclic) bond motifs is 1. The monoisotopic (exact) mass is 226 g/mol. The molecule has 1 aliphatic heterocycles. The summed E-state index contributed by atoms with van der Waals surface area (Å²) in [5, 5.41) is 0.401. The summed E-state index contributed by atoms with van der Waals surface area (Å²) in [6.07, 6.45) is 0.791. The molecule has 3 nitrogen and oxygen atoms in total. The van der Waals surface area contributed by atoms with Crippen molar-refractivity contribution in [2.24, 2.45) is 0 Å². The lowest BCUT2D eigenvalue weighted by Gasteiger charge is -2.11. The van der Waals surface area contributed by atoms with Gasteiger partial charge in [-0.2, -0.15) is 0 Å². The fraction of sp³-hybridized carbons (Fsp3) is 0.364. The summed E-state index contributed by atoms with van der Waals surface area (Å²) in [5.74, 6) is 1.01. The van der Waals surface area contributed by atoms with Crippen molar-refractivity contribution < 1.29 is 14.3 Å². The molecule has 0 saturated carbocycles. The number of rotatable bonds is 2. The van der Waals surface area contributed by atoms with Crippen molar-refractivity contribution in [3.8, 4) is 11.5 Å². The van der Waals surface area contributed by atoms with Crippen molar-refractivity contribution in [3.63, 3.8) is 0 Å². The normalized spacial score (nSPS) is 13.3. The summed E-state index contributed by atoms with van der Waals surface area (Å²) < 4.78 is 10.5. The quantitative estimate of drug-likeness (QED) is 0.727. The van der Waals surface area contributed by atoms with Gasteiger partial charge in [-0.05, 0) is 13.0 Å². The highest BCUT2D eigenvalue weighted by Gasteiger charge is 2.23. The van der Waals surface area contributed by atoms with Crippen LogP contribution < -0.4 is 9.47 Å². The zero-order chi connectivity index (χ0) is 11.0. The van der Waals surface area contributed by atoms with E-state index in [0.717, 1.165) is 12.0 Å². The molecule has 0 atom stereocenters. The van der Waals surface area contributed by atoms with Crippen LogP contribution in [0.15, 0.2) is 6.07 Å². The smallest absolute Gasteiger partial charge is 0.163 e. The van der Waals surface area contributed by atoms with Crippen LogP contribution in [-0.4, -0.2) is 19.5 Å². The molecule has 4 heteroatoms. The molecule has 0 amide bonds. The second-order valence-electron chi connectivity index (χ2n) is 3.41. The summed E-state index contributed by atoms with van der Waals surface area (Å²) in [5.41, 5.74) is 1.50. The van der Waals surface area contributed by atoms with Gasteiger partial charge in [0.2, 0.25) is 0 Å². The van der Waals surface area contributed by atoms with E-state index in [2.05, 4.69) is 0 Å². The molecule has 15 heavy (non-hydrogen) atoms. The van der Waals surface area contributed by atoms with Crippen molar-refractivity contribution >= 4 is 17.4 Å². The predicted octanol–water partition coefficient (Wildman–Crippen LogP) is 2.49. The highest BCUT2D eigenvalue weighted by molar-refractivity contribution is 6.34. The molecule has 0 fully saturated rings. The number of Topliss-reactive ketones (excluding diaryl/α,β-unsaturated/α-hetero) is 1. The first-order valence-electron chi connectivity index (χ1n) is 4.68. The molecule has 0 aliphatic carbocycles. The van der Waals surface area contributed by atoms with E-state index < -0.39 is 0 Å². The van der Waals surface area contributed by atoms with Crippen molar-refractivity contribution in [2.45, 2.75) is 13.3 Å². The number of methoxy groups -OCH3 is 1. The van der Waals surface area contributed by atoms with E-state index in [9.17, 15) is 4.79 Å². The standard InChI is InChI=1S/C11H11ClO3/c1-6(13)8-5-7-3-4-15-10(7)9(12)11(8)14-2/h5H,3-4H2,1-2H3. The number of hydrogen-bond acceptors (Lipinski definition) is 3. The Morgan fingerprint density at radius 1 is 1.60 bits per heavy atom. The van der Waals surface area contributed by atoms with Gasteiger partial charge in [0, 0.05) is 12.0 Å². The Morgan fingerprint density at radius 3 is 2.93 bits per heavy atom. The van der Waals surface area contributed by atoms with Crippen molar-refractivity contribution in [3.05, 3.63) is 22.2 Å². The van der Waals surface area contributed by atoms with Crippen molar-refractivity contribution in [1.29, 1.82) is 0 Å². The minimum absolute atomic E-state index is 0.0524. The second kappa shape index (κ2) is 3.74. The highest BCUT2D eigenvalue weighted by Crippen LogP contribution is 2.42. The minimum atomic E-state index is -0.0524. The van der Waals surface area contributed by atoms with E-state index in [0.29, 0.717) is 28.7 Å². The number of carbonyl (C=O) groups is 1. The van der Waals surface area contributed by atoms with E-state index >= 15 is 0 Å². The third-order valence-corrected chi connectivity index (χ3v) is 2.80. The Morgan fingerprint density at radius 2 is 2.33 bits per heavy atom. The number of benzene rings is 1. The fourth-order valence-electron chi connectivity index (χ4n) is 1.73. The summed E-state index contributed by atoms with van der Waals surface area (Å²) in [6.45, 7) is 2.11. The molecule has 1 aromatic carbocycles. The Hall–Kier alpha value is -1.22. The van der Waals surface area contributed by atoms with Crippen LogP contribution >= 0.6 is 11.6 Å². The van der Waals surface area contributed by atoms with E-state index in [1.165, 1.54) is 14.0 Å². The summed E-state index contributed by atoms with van der Waals surface area (Å²) in [6, 6.07) is 1.80. The van der Waals surface area contributed by atoms with Crippen molar-refractivity contribution in [1.82, 2.24) is 0 Å². The fourth-order valence-corrected chi connectivity index (χ4v) is 2.09. The number of halogens is 1. The van der Waals surface area contributed by atoms with Crippen LogP contribution in [0.25, 0.3) is 0 Å². The van der Waals surface area contributed by atoms with Crippen LogP contribution in [0, 0.1) is 0 Å². The van der Waals surface area contributed by atoms with Gasteiger partial charge in [-0.1, -0.05) is 11.6 Å². The van der Waals surface area contributed by atoms with Crippen LogP contribution in [0.3, 0.4) is 0 Å². The van der Waals surface area contributed by atoms with Crippen LogP contribution in [0.1, 0.15) is 22.8 Å². The SMILES string of the molecule is COc1c(C(C)=O)cc2c(c1Cl)OCC2. The third-order valence-electron chi connectivity index (χ3n) is 2.45. The molecule has 0 radical (unpaired) electrons. The first-order valence-corrected chi connectivity index (χ1v) is 5.06. The predicted molar refractivity (Wildman–Crippen MR) is 57.2 cm³/mol.